The van der Waals surface area contributed by atoms with Crippen LogP contribution in [0.5, 0.6) is 5.75 Å². The smallest absolute Gasteiger partial charge is 0.264 e. The first-order valence-electron chi connectivity index (χ1n) is 8.03. The molecule has 4 nitrogen and oxygen atoms in total. The minimum absolute atomic E-state index is 0.0505. The average Bonchev–Trinajstić information content (AvgIpc) is 3.21. The minimum atomic E-state index is -0.0505. The SMILES string of the molecule is CCSc1ccc(C(=O)N2C[C@@H](N)[C@H](c3cccc(OC)c3)C2)s1. The molecule has 0 aliphatic carbocycles. The Hall–Kier alpha value is -1.50. The fourth-order valence-electron chi connectivity index (χ4n) is 3.03. The number of ether oxygens (including phenoxy) is 1. The molecule has 3 rings (SSSR count). The average molecular weight is 363 g/mol. The molecule has 1 aliphatic rings. The van der Waals surface area contributed by atoms with Gasteiger partial charge in [0.05, 0.1) is 16.2 Å². The number of hydrogen-bond acceptors (Lipinski definition) is 5. The molecule has 1 aliphatic heterocycles. The Labute approximate surface area is 151 Å². The zero-order valence-corrected chi connectivity index (χ0v) is 15.5. The molecule has 2 aromatic rings. The van der Waals surface area contributed by atoms with Crippen molar-refractivity contribution in [3.05, 3.63) is 46.8 Å². The zero-order valence-electron chi connectivity index (χ0n) is 13.9. The van der Waals surface area contributed by atoms with Crippen molar-refractivity contribution in [3.63, 3.8) is 0 Å². The van der Waals surface area contributed by atoms with Crippen molar-refractivity contribution in [2.24, 2.45) is 5.73 Å². The highest BCUT2D eigenvalue weighted by Gasteiger charge is 2.34. The Bertz CT molecular complexity index is 717. The molecule has 1 aromatic heterocycles. The highest BCUT2D eigenvalue weighted by atomic mass is 32.2. The normalized spacial score (nSPS) is 20.4. The number of carbonyl (C=O) groups is 1. The van der Waals surface area contributed by atoms with Crippen molar-refractivity contribution in [1.29, 1.82) is 0 Å². The lowest BCUT2D eigenvalue weighted by Gasteiger charge is -2.16. The molecular weight excluding hydrogens is 340 g/mol. The standard InChI is InChI=1S/C18H22N2O2S2/c1-3-23-17-8-7-16(24-17)18(21)20-10-14(15(19)11-20)12-5-4-6-13(9-12)22-2/h4-9,14-15H,3,10-11,19H2,1-2H3/t14-,15+/m0/s1. The summed E-state index contributed by atoms with van der Waals surface area (Å²) in [6, 6.07) is 11.9. The van der Waals surface area contributed by atoms with Gasteiger partial charge in [0.15, 0.2) is 0 Å². The molecule has 2 heterocycles. The molecule has 0 bridgehead atoms. The number of rotatable bonds is 5. The van der Waals surface area contributed by atoms with Gasteiger partial charge in [-0.15, -0.1) is 23.1 Å². The molecule has 0 saturated carbocycles. The summed E-state index contributed by atoms with van der Waals surface area (Å²) >= 11 is 3.33. The molecule has 1 saturated heterocycles. The van der Waals surface area contributed by atoms with Crippen molar-refractivity contribution < 1.29 is 9.53 Å². The minimum Gasteiger partial charge on any atom is -0.497 e. The van der Waals surface area contributed by atoms with Gasteiger partial charge < -0.3 is 15.4 Å². The third-order valence-electron chi connectivity index (χ3n) is 4.25. The first kappa shape index (κ1) is 17.3. The summed E-state index contributed by atoms with van der Waals surface area (Å²) in [5.74, 6) is 2.07. The largest absolute Gasteiger partial charge is 0.497 e. The molecular formula is C18H22N2O2S2. The number of benzene rings is 1. The van der Waals surface area contributed by atoms with Gasteiger partial charge in [0.25, 0.3) is 5.91 Å². The van der Waals surface area contributed by atoms with Crippen LogP contribution in [0.2, 0.25) is 0 Å². The number of likely N-dealkylation sites (tertiary alicyclic amines) is 1. The molecule has 1 aromatic carbocycles. The van der Waals surface area contributed by atoms with Gasteiger partial charge in [-0.25, -0.2) is 0 Å². The van der Waals surface area contributed by atoms with Crippen LogP contribution in [0.25, 0.3) is 0 Å². The maximum atomic E-state index is 12.8. The van der Waals surface area contributed by atoms with E-state index in [4.69, 9.17) is 10.5 Å². The summed E-state index contributed by atoms with van der Waals surface area (Å²) in [6.07, 6.45) is 0. The molecule has 2 atom stereocenters. The lowest BCUT2D eigenvalue weighted by molar-refractivity contribution is 0.0794. The highest BCUT2D eigenvalue weighted by Crippen LogP contribution is 2.32. The molecule has 0 spiro atoms. The van der Waals surface area contributed by atoms with Crippen molar-refractivity contribution in [1.82, 2.24) is 4.90 Å². The molecule has 1 amide bonds. The fraction of sp³-hybridized carbons (Fsp3) is 0.389. The van der Waals surface area contributed by atoms with E-state index in [1.165, 1.54) is 4.21 Å². The van der Waals surface area contributed by atoms with Crippen LogP contribution < -0.4 is 10.5 Å². The molecule has 0 unspecified atom stereocenters. The summed E-state index contributed by atoms with van der Waals surface area (Å²) < 4.78 is 6.49. The van der Waals surface area contributed by atoms with E-state index in [-0.39, 0.29) is 17.9 Å². The molecule has 1 fully saturated rings. The van der Waals surface area contributed by atoms with E-state index in [9.17, 15) is 4.79 Å². The summed E-state index contributed by atoms with van der Waals surface area (Å²) in [7, 11) is 1.66. The van der Waals surface area contributed by atoms with Gasteiger partial charge in [-0.1, -0.05) is 19.1 Å². The number of thioether (sulfide) groups is 1. The second kappa shape index (κ2) is 7.59. The van der Waals surface area contributed by atoms with Gasteiger partial charge in [-0.05, 0) is 35.6 Å². The van der Waals surface area contributed by atoms with Gasteiger partial charge in [-0.2, -0.15) is 0 Å². The summed E-state index contributed by atoms with van der Waals surface area (Å²) in [5.41, 5.74) is 7.46. The summed E-state index contributed by atoms with van der Waals surface area (Å²) in [6.45, 7) is 3.36. The highest BCUT2D eigenvalue weighted by molar-refractivity contribution is 8.01. The fourth-order valence-corrected chi connectivity index (χ4v) is 5.04. The molecule has 128 valence electrons. The monoisotopic (exact) mass is 362 g/mol. The van der Waals surface area contributed by atoms with Crippen molar-refractivity contribution in [2.45, 2.75) is 23.1 Å². The predicted molar refractivity (Wildman–Crippen MR) is 100 cm³/mol. The third-order valence-corrected chi connectivity index (χ3v) is 6.43. The Morgan fingerprint density at radius 2 is 2.21 bits per heavy atom. The number of carbonyl (C=O) groups excluding carboxylic acids is 1. The number of thiophene rings is 1. The molecule has 0 radical (unpaired) electrons. The maximum Gasteiger partial charge on any atom is 0.264 e. The third kappa shape index (κ3) is 3.61. The van der Waals surface area contributed by atoms with E-state index in [0.717, 1.165) is 21.9 Å². The Kier molecular flexibility index (Phi) is 5.48. The van der Waals surface area contributed by atoms with Crippen LogP contribution >= 0.6 is 23.1 Å². The van der Waals surface area contributed by atoms with Gasteiger partial charge in [0, 0.05) is 25.0 Å². The molecule has 6 heteroatoms. The lowest BCUT2D eigenvalue weighted by atomic mass is 9.95. The maximum absolute atomic E-state index is 12.8. The van der Waals surface area contributed by atoms with Crippen LogP contribution in [0.1, 0.15) is 28.1 Å². The van der Waals surface area contributed by atoms with Gasteiger partial charge in [0.2, 0.25) is 0 Å². The molecule has 24 heavy (non-hydrogen) atoms. The van der Waals surface area contributed by atoms with Gasteiger partial charge in [0.1, 0.15) is 5.75 Å². The first-order chi connectivity index (χ1) is 11.6. The van der Waals surface area contributed by atoms with Crippen molar-refractivity contribution in [3.8, 4) is 5.75 Å². The predicted octanol–water partition coefficient (Wildman–Crippen LogP) is 3.44. The van der Waals surface area contributed by atoms with Crippen LogP contribution in [0.4, 0.5) is 0 Å². The van der Waals surface area contributed by atoms with E-state index in [1.807, 2.05) is 35.2 Å². The van der Waals surface area contributed by atoms with Crippen molar-refractivity contribution in [2.75, 3.05) is 26.0 Å². The van der Waals surface area contributed by atoms with Crippen molar-refractivity contribution >= 4 is 29.0 Å². The van der Waals surface area contributed by atoms with Gasteiger partial charge in [-0.3, -0.25) is 4.79 Å². The second-order valence-electron chi connectivity index (χ2n) is 5.81. The Morgan fingerprint density at radius 3 is 2.96 bits per heavy atom. The van der Waals surface area contributed by atoms with E-state index in [2.05, 4.69) is 13.0 Å². The quantitative estimate of drug-likeness (QED) is 0.828. The van der Waals surface area contributed by atoms with Crippen LogP contribution in [0.3, 0.4) is 0 Å². The zero-order chi connectivity index (χ0) is 17.1. The van der Waals surface area contributed by atoms with E-state index in [0.29, 0.717) is 13.1 Å². The van der Waals surface area contributed by atoms with Crippen LogP contribution in [-0.2, 0) is 0 Å². The van der Waals surface area contributed by atoms with E-state index in [1.54, 1.807) is 30.2 Å². The van der Waals surface area contributed by atoms with Crippen LogP contribution in [0, 0.1) is 0 Å². The topological polar surface area (TPSA) is 55.6 Å². The van der Waals surface area contributed by atoms with Crippen LogP contribution in [0.15, 0.2) is 40.6 Å². The summed E-state index contributed by atoms with van der Waals surface area (Å²) in [4.78, 5) is 15.4. The molecule has 2 N–H and O–H groups in total. The van der Waals surface area contributed by atoms with E-state index >= 15 is 0 Å². The summed E-state index contributed by atoms with van der Waals surface area (Å²) in [5, 5.41) is 0. The number of nitrogens with zero attached hydrogens (tertiary/aromatic N) is 1. The van der Waals surface area contributed by atoms with E-state index < -0.39 is 0 Å². The number of nitrogens with two attached hydrogens (primary N) is 1. The Morgan fingerprint density at radius 1 is 1.38 bits per heavy atom. The van der Waals surface area contributed by atoms with Gasteiger partial charge >= 0.3 is 0 Å². The second-order valence-corrected chi connectivity index (χ2v) is 8.46. The number of methoxy groups -OCH3 is 1. The Balaban J connectivity index is 1.73. The first-order valence-corrected chi connectivity index (χ1v) is 9.84. The van der Waals surface area contributed by atoms with Crippen LogP contribution in [-0.4, -0.2) is 42.8 Å². The number of hydrogen-bond donors (Lipinski definition) is 1. The lowest BCUT2D eigenvalue weighted by Crippen LogP contribution is -2.31. The number of amides is 1.